The van der Waals surface area contributed by atoms with Crippen LogP contribution >= 0.6 is 0 Å². The molecule has 0 radical (unpaired) electrons. The van der Waals surface area contributed by atoms with Crippen molar-refractivity contribution in [3.63, 3.8) is 0 Å². The van der Waals surface area contributed by atoms with Crippen LogP contribution in [0.5, 0.6) is 5.75 Å². The summed E-state index contributed by atoms with van der Waals surface area (Å²) in [4.78, 5) is 7.71. The number of rotatable bonds is 8. The highest BCUT2D eigenvalue weighted by atomic mass is 16.5. The van der Waals surface area contributed by atoms with Gasteiger partial charge in [-0.05, 0) is 42.3 Å². The molecule has 0 saturated heterocycles. The molecule has 3 rings (SSSR count). The fourth-order valence-corrected chi connectivity index (χ4v) is 2.81. The van der Waals surface area contributed by atoms with E-state index in [1.165, 1.54) is 19.3 Å². The molecule has 0 saturated carbocycles. The van der Waals surface area contributed by atoms with E-state index in [0.717, 1.165) is 35.4 Å². The molecule has 2 aromatic carbocycles. The molecule has 4 heteroatoms. The number of fused-ring (bicyclic) bond motifs is 1. The number of hydrogen-bond donors (Lipinski definition) is 1. The van der Waals surface area contributed by atoms with Crippen molar-refractivity contribution in [1.82, 2.24) is 9.97 Å². The van der Waals surface area contributed by atoms with Crippen LogP contribution in [0.3, 0.4) is 0 Å². The summed E-state index contributed by atoms with van der Waals surface area (Å²) >= 11 is 0. The molecule has 1 aromatic heterocycles. The monoisotopic (exact) mass is 345 g/mol. The summed E-state index contributed by atoms with van der Waals surface area (Å²) < 4.78 is 5.83. The Hall–Kier alpha value is -3.06. The number of aromatic nitrogens is 2. The number of nitriles is 1. The first-order chi connectivity index (χ1) is 12.8. The van der Waals surface area contributed by atoms with Gasteiger partial charge in [0.05, 0.1) is 23.2 Å². The molecule has 132 valence electrons. The minimum absolute atomic E-state index is 0.501. The molecule has 0 unspecified atom stereocenters. The van der Waals surface area contributed by atoms with Gasteiger partial charge in [0.1, 0.15) is 17.6 Å². The average Bonchev–Trinajstić information content (AvgIpc) is 3.10. The second-order valence-electron chi connectivity index (χ2n) is 6.25. The molecule has 0 aliphatic heterocycles. The Kier molecular flexibility index (Phi) is 6.05. The van der Waals surface area contributed by atoms with Crippen LogP contribution in [-0.2, 0) is 0 Å². The number of unbranched alkanes of at least 4 members (excludes halogenated alkanes) is 3. The lowest BCUT2D eigenvalue weighted by atomic mass is 10.1. The Bertz CT molecular complexity index is 901. The number of hydrogen-bond acceptors (Lipinski definition) is 3. The fourth-order valence-electron chi connectivity index (χ4n) is 2.81. The Morgan fingerprint density at radius 1 is 1.15 bits per heavy atom. The summed E-state index contributed by atoms with van der Waals surface area (Å²) in [5, 5.41) is 9.55. The zero-order valence-electron chi connectivity index (χ0n) is 15.0. The SMILES string of the molecule is CCCCCCOc1cccc(C=C(C#N)c2nc3ccccc3[nH]2)c1. The first-order valence-corrected chi connectivity index (χ1v) is 9.10. The highest BCUT2D eigenvalue weighted by Crippen LogP contribution is 2.21. The number of benzene rings is 2. The predicted molar refractivity (Wildman–Crippen MR) is 106 cm³/mol. The largest absolute Gasteiger partial charge is 0.494 e. The molecule has 4 nitrogen and oxygen atoms in total. The molecular weight excluding hydrogens is 322 g/mol. The van der Waals surface area contributed by atoms with Crippen LogP contribution in [-0.4, -0.2) is 16.6 Å². The van der Waals surface area contributed by atoms with Crippen LogP contribution in [0.4, 0.5) is 0 Å². The van der Waals surface area contributed by atoms with Crippen molar-refractivity contribution in [3.8, 4) is 11.8 Å². The highest BCUT2D eigenvalue weighted by Gasteiger charge is 2.08. The van der Waals surface area contributed by atoms with Crippen LogP contribution in [0.25, 0.3) is 22.7 Å². The van der Waals surface area contributed by atoms with Gasteiger partial charge in [-0.15, -0.1) is 0 Å². The van der Waals surface area contributed by atoms with Gasteiger partial charge >= 0.3 is 0 Å². The standard InChI is InChI=1S/C22H23N3O/c1-2-3-4-7-13-26-19-10-8-9-17(15-19)14-18(16-23)22-24-20-11-5-6-12-21(20)25-22/h5-6,8-12,14-15H,2-4,7,13H2,1H3,(H,24,25). The number of imidazole rings is 1. The van der Waals surface area contributed by atoms with Crippen molar-refractivity contribution in [2.45, 2.75) is 32.6 Å². The van der Waals surface area contributed by atoms with Gasteiger partial charge < -0.3 is 9.72 Å². The van der Waals surface area contributed by atoms with Crippen molar-refractivity contribution in [2.24, 2.45) is 0 Å². The molecule has 0 amide bonds. The number of aromatic amines is 1. The van der Waals surface area contributed by atoms with E-state index in [2.05, 4.69) is 23.0 Å². The molecule has 1 heterocycles. The first-order valence-electron chi connectivity index (χ1n) is 9.10. The van der Waals surface area contributed by atoms with E-state index in [0.29, 0.717) is 11.4 Å². The minimum Gasteiger partial charge on any atom is -0.494 e. The molecule has 0 aliphatic rings. The third-order valence-electron chi connectivity index (χ3n) is 4.20. The van der Waals surface area contributed by atoms with Crippen molar-refractivity contribution >= 4 is 22.7 Å². The van der Waals surface area contributed by atoms with Crippen molar-refractivity contribution in [1.29, 1.82) is 5.26 Å². The first kappa shape index (κ1) is 17.8. The van der Waals surface area contributed by atoms with Gasteiger partial charge in [0.2, 0.25) is 0 Å². The minimum atomic E-state index is 0.501. The Balaban J connectivity index is 1.74. The number of nitrogens with zero attached hydrogens (tertiary/aromatic N) is 2. The molecule has 0 fully saturated rings. The maximum atomic E-state index is 9.55. The van der Waals surface area contributed by atoms with Crippen molar-refractivity contribution in [3.05, 3.63) is 59.9 Å². The highest BCUT2D eigenvalue weighted by molar-refractivity contribution is 5.90. The normalized spacial score (nSPS) is 11.5. The van der Waals surface area contributed by atoms with E-state index in [9.17, 15) is 5.26 Å². The predicted octanol–water partition coefficient (Wildman–Crippen LogP) is 5.59. The third kappa shape index (κ3) is 4.52. The van der Waals surface area contributed by atoms with Gasteiger partial charge in [-0.3, -0.25) is 0 Å². The number of para-hydroxylation sites is 2. The van der Waals surface area contributed by atoms with Gasteiger partial charge in [0.25, 0.3) is 0 Å². The number of ether oxygens (including phenoxy) is 1. The summed E-state index contributed by atoms with van der Waals surface area (Å²) in [6.45, 7) is 2.92. The second kappa shape index (κ2) is 8.87. The zero-order chi connectivity index (χ0) is 18.2. The Morgan fingerprint density at radius 3 is 2.85 bits per heavy atom. The lowest BCUT2D eigenvalue weighted by Gasteiger charge is -2.06. The van der Waals surface area contributed by atoms with E-state index in [-0.39, 0.29) is 0 Å². The van der Waals surface area contributed by atoms with E-state index in [1.807, 2.05) is 54.6 Å². The summed E-state index contributed by atoms with van der Waals surface area (Å²) in [5.74, 6) is 1.41. The van der Waals surface area contributed by atoms with Gasteiger partial charge in [-0.1, -0.05) is 50.5 Å². The van der Waals surface area contributed by atoms with Crippen LogP contribution in [0, 0.1) is 11.3 Å². The molecule has 1 N–H and O–H groups in total. The van der Waals surface area contributed by atoms with Crippen molar-refractivity contribution in [2.75, 3.05) is 6.61 Å². The lowest BCUT2D eigenvalue weighted by Crippen LogP contribution is -1.97. The van der Waals surface area contributed by atoms with Gasteiger partial charge in [-0.25, -0.2) is 4.98 Å². The lowest BCUT2D eigenvalue weighted by molar-refractivity contribution is 0.305. The summed E-state index contributed by atoms with van der Waals surface area (Å²) in [6.07, 6.45) is 6.56. The number of allylic oxidation sites excluding steroid dienone is 1. The molecular formula is C22H23N3O. The van der Waals surface area contributed by atoms with Gasteiger partial charge in [0, 0.05) is 0 Å². The van der Waals surface area contributed by atoms with Crippen LogP contribution in [0.2, 0.25) is 0 Å². The topological polar surface area (TPSA) is 61.7 Å². The molecule has 0 atom stereocenters. The quantitative estimate of drug-likeness (QED) is 0.428. The van der Waals surface area contributed by atoms with E-state index >= 15 is 0 Å². The molecule has 26 heavy (non-hydrogen) atoms. The smallest absolute Gasteiger partial charge is 0.149 e. The molecule has 0 spiro atoms. The zero-order valence-corrected chi connectivity index (χ0v) is 15.0. The van der Waals surface area contributed by atoms with E-state index in [1.54, 1.807) is 0 Å². The molecule has 0 aliphatic carbocycles. The maximum Gasteiger partial charge on any atom is 0.149 e. The van der Waals surface area contributed by atoms with Crippen molar-refractivity contribution < 1.29 is 4.74 Å². The maximum absolute atomic E-state index is 9.55. The molecule has 0 bridgehead atoms. The van der Waals surface area contributed by atoms with Gasteiger partial charge in [0.15, 0.2) is 0 Å². The number of nitrogens with one attached hydrogen (secondary N) is 1. The summed E-state index contributed by atoms with van der Waals surface area (Å²) in [7, 11) is 0. The Morgan fingerprint density at radius 2 is 2.04 bits per heavy atom. The van der Waals surface area contributed by atoms with Crippen LogP contribution in [0.15, 0.2) is 48.5 Å². The van der Waals surface area contributed by atoms with Crippen LogP contribution in [0.1, 0.15) is 44.0 Å². The Labute approximate surface area is 154 Å². The van der Waals surface area contributed by atoms with E-state index in [4.69, 9.17) is 4.74 Å². The van der Waals surface area contributed by atoms with E-state index < -0.39 is 0 Å². The summed E-state index contributed by atoms with van der Waals surface area (Å²) in [5.41, 5.74) is 3.20. The van der Waals surface area contributed by atoms with Gasteiger partial charge in [-0.2, -0.15) is 5.26 Å². The second-order valence-corrected chi connectivity index (χ2v) is 6.25. The third-order valence-corrected chi connectivity index (χ3v) is 4.20. The van der Waals surface area contributed by atoms with Crippen LogP contribution < -0.4 is 4.74 Å². The molecule has 3 aromatic rings. The fraction of sp³-hybridized carbons (Fsp3) is 0.273. The number of H-pyrrole nitrogens is 1. The summed E-state index contributed by atoms with van der Waals surface area (Å²) in [6, 6.07) is 17.8. The average molecular weight is 345 g/mol.